The number of rotatable bonds is 13. The molecule has 4 amide bonds. The highest BCUT2D eigenvalue weighted by Gasteiger charge is 2.37. The van der Waals surface area contributed by atoms with Crippen molar-refractivity contribution in [2.24, 2.45) is 0 Å². The molecule has 0 aliphatic carbocycles. The molecular weight excluding hydrogens is 833 g/mol. The molecule has 18 heteroatoms. The fourth-order valence-corrected chi connectivity index (χ4v) is 6.72. The number of ether oxygens (including phenoxy) is 4. The fourth-order valence-electron chi connectivity index (χ4n) is 6.54. The van der Waals surface area contributed by atoms with E-state index >= 15 is 4.39 Å². The maximum absolute atomic E-state index is 15.7. The molecule has 5 rings (SSSR count). The summed E-state index contributed by atoms with van der Waals surface area (Å²) in [5, 5.41) is 8.19. The first-order chi connectivity index (χ1) is 29.2. The average molecular weight is 883 g/mol. The molecular formula is C44H50ClF3N6O8. The SMILES string of the molecule is CC(C)(C)OC(=O)N[C@H](C(=O)Nc1cncc(F)c1CC[C@@H]1CN(C(=O)OC(C)(C)C)[C@H](COC(=O)NCc2cccc(Cl)n2)CO1)C(c1ccc(F)cc1)c1ccc(F)cc1. The summed E-state index contributed by atoms with van der Waals surface area (Å²) in [4.78, 5) is 63.1. The molecule has 0 unspecified atom stereocenters. The van der Waals surface area contributed by atoms with Gasteiger partial charge in [0, 0.05) is 11.5 Å². The minimum atomic E-state index is -1.46. The van der Waals surface area contributed by atoms with Gasteiger partial charge < -0.3 is 34.9 Å². The Morgan fingerprint density at radius 3 is 2.10 bits per heavy atom. The lowest BCUT2D eigenvalue weighted by Crippen LogP contribution is -2.55. The van der Waals surface area contributed by atoms with E-state index in [9.17, 15) is 28.0 Å². The molecule has 1 fully saturated rings. The van der Waals surface area contributed by atoms with Crippen molar-refractivity contribution < 1.29 is 51.3 Å². The number of alkyl carbamates (subject to hydrolysis) is 2. The molecule has 1 saturated heterocycles. The van der Waals surface area contributed by atoms with E-state index in [2.05, 4.69) is 25.9 Å². The minimum absolute atomic E-state index is 0.00963. The van der Waals surface area contributed by atoms with Crippen molar-refractivity contribution in [3.63, 3.8) is 0 Å². The summed E-state index contributed by atoms with van der Waals surface area (Å²) in [5.74, 6) is -3.67. The molecule has 1 aliphatic heterocycles. The van der Waals surface area contributed by atoms with Gasteiger partial charge in [-0.3, -0.25) is 14.7 Å². The van der Waals surface area contributed by atoms with Crippen LogP contribution >= 0.6 is 11.6 Å². The van der Waals surface area contributed by atoms with Gasteiger partial charge in [-0.25, -0.2) is 32.5 Å². The van der Waals surface area contributed by atoms with Gasteiger partial charge in [-0.2, -0.15) is 0 Å². The molecule has 14 nitrogen and oxygen atoms in total. The number of amides is 4. The van der Waals surface area contributed by atoms with Crippen molar-refractivity contribution in [1.82, 2.24) is 25.5 Å². The van der Waals surface area contributed by atoms with Gasteiger partial charge >= 0.3 is 18.3 Å². The summed E-state index contributed by atoms with van der Waals surface area (Å²) >= 11 is 5.93. The number of carbonyl (C=O) groups is 4. The van der Waals surface area contributed by atoms with Gasteiger partial charge in [0.05, 0.1) is 55.6 Å². The predicted molar refractivity (Wildman–Crippen MR) is 223 cm³/mol. The fraction of sp³-hybridized carbons (Fsp3) is 0.409. The molecule has 2 aromatic heterocycles. The molecule has 4 aromatic rings. The zero-order valence-corrected chi connectivity index (χ0v) is 35.9. The number of nitrogens with zero attached hydrogens (tertiary/aromatic N) is 3. The quantitative estimate of drug-likeness (QED) is 0.0882. The van der Waals surface area contributed by atoms with Crippen molar-refractivity contribution >= 4 is 41.5 Å². The van der Waals surface area contributed by atoms with Gasteiger partial charge in [0.1, 0.15) is 46.5 Å². The van der Waals surface area contributed by atoms with Gasteiger partial charge in [0.15, 0.2) is 0 Å². The van der Waals surface area contributed by atoms with E-state index in [4.69, 9.17) is 30.5 Å². The highest BCUT2D eigenvalue weighted by molar-refractivity contribution is 6.29. The normalized spacial score (nSPS) is 16.0. The maximum Gasteiger partial charge on any atom is 0.410 e. The molecule has 3 N–H and O–H groups in total. The zero-order valence-electron chi connectivity index (χ0n) is 35.2. The number of nitrogens with one attached hydrogen (secondary N) is 3. The van der Waals surface area contributed by atoms with Crippen LogP contribution in [0, 0.1) is 17.5 Å². The van der Waals surface area contributed by atoms with Gasteiger partial charge in [-0.1, -0.05) is 41.9 Å². The Bertz CT molecular complexity index is 2140. The van der Waals surface area contributed by atoms with E-state index < -0.39 is 76.9 Å². The van der Waals surface area contributed by atoms with Crippen LogP contribution in [-0.2, 0) is 36.7 Å². The Balaban J connectivity index is 1.33. The Morgan fingerprint density at radius 2 is 1.50 bits per heavy atom. The molecule has 2 aromatic carbocycles. The van der Waals surface area contributed by atoms with Gasteiger partial charge in [0.2, 0.25) is 5.91 Å². The van der Waals surface area contributed by atoms with E-state index in [-0.39, 0.29) is 55.5 Å². The maximum atomic E-state index is 15.7. The summed E-state index contributed by atoms with van der Waals surface area (Å²) in [6.45, 7) is 9.81. The zero-order chi connectivity index (χ0) is 45.2. The molecule has 3 atom stereocenters. The van der Waals surface area contributed by atoms with E-state index in [0.717, 1.165) is 6.20 Å². The van der Waals surface area contributed by atoms with Crippen LogP contribution in [0.5, 0.6) is 0 Å². The highest BCUT2D eigenvalue weighted by atomic mass is 35.5. The number of morpholine rings is 1. The van der Waals surface area contributed by atoms with E-state index in [1.807, 2.05) is 0 Å². The van der Waals surface area contributed by atoms with E-state index in [1.54, 1.807) is 59.7 Å². The number of carbonyl (C=O) groups excluding carboxylic acids is 4. The number of hydrogen-bond acceptors (Lipinski definition) is 10. The number of aromatic nitrogens is 2. The van der Waals surface area contributed by atoms with Gasteiger partial charge in [0.25, 0.3) is 0 Å². The van der Waals surface area contributed by atoms with Crippen LogP contribution in [-0.4, -0.2) is 88.2 Å². The van der Waals surface area contributed by atoms with Crippen LogP contribution in [0.2, 0.25) is 5.15 Å². The molecule has 0 saturated carbocycles. The van der Waals surface area contributed by atoms with Crippen LogP contribution in [0.4, 0.5) is 33.2 Å². The first-order valence-electron chi connectivity index (χ1n) is 19.8. The summed E-state index contributed by atoms with van der Waals surface area (Å²) in [5.41, 5.74) is -0.470. The predicted octanol–water partition coefficient (Wildman–Crippen LogP) is 8.07. The molecule has 0 radical (unpaired) electrons. The minimum Gasteiger partial charge on any atom is -0.447 e. The number of pyridine rings is 2. The number of benzene rings is 2. The molecule has 1 aliphatic rings. The Kier molecular flexibility index (Phi) is 15.8. The first-order valence-corrected chi connectivity index (χ1v) is 20.2. The first kappa shape index (κ1) is 47.1. The lowest BCUT2D eigenvalue weighted by atomic mass is 9.84. The summed E-state index contributed by atoms with van der Waals surface area (Å²) < 4.78 is 66.6. The summed E-state index contributed by atoms with van der Waals surface area (Å²) in [6.07, 6.45) is -0.665. The molecule has 0 spiro atoms. The third-order valence-corrected chi connectivity index (χ3v) is 9.52. The highest BCUT2D eigenvalue weighted by Crippen LogP contribution is 2.31. The van der Waals surface area contributed by atoms with E-state index in [0.29, 0.717) is 16.8 Å². The molecule has 332 valence electrons. The third kappa shape index (κ3) is 14.1. The van der Waals surface area contributed by atoms with Crippen molar-refractivity contribution in [2.75, 3.05) is 25.1 Å². The molecule has 62 heavy (non-hydrogen) atoms. The summed E-state index contributed by atoms with van der Waals surface area (Å²) in [7, 11) is 0. The number of hydrogen-bond donors (Lipinski definition) is 3. The van der Waals surface area contributed by atoms with Crippen molar-refractivity contribution in [3.05, 3.63) is 124 Å². The van der Waals surface area contributed by atoms with Crippen LogP contribution in [0.15, 0.2) is 79.1 Å². The second-order valence-corrected chi connectivity index (χ2v) is 16.9. The van der Waals surface area contributed by atoms with Gasteiger partial charge in [-0.15, -0.1) is 0 Å². The molecule has 3 heterocycles. The van der Waals surface area contributed by atoms with Crippen LogP contribution < -0.4 is 16.0 Å². The second-order valence-electron chi connectivity index (χ2n) is 16.5. The lowest BCUT2D eigenvalue weighted by Gasteiger charge is -2.39. The largest absolute Gasteiger partial charge is 0.447 e. The van der Waals surface area contributed by atoms with Crippen LogP contribution in [0.1, 0.15) is 76.3 Å². The van der Waals surface area contributed by atoms with Crippen molar-refractivity contribution in [3.8, 4) is 0 Å². The van der Waals surface area contributed by atoms with E-state index in [1.165, 1.54) is 59.6 Å². The second kappa shape index (κ2) is 20.8. The summed E-state index contributed by atoms with van der Waals surface area (Å²) in [6, 6.07) is 13.3. The van der Waals surface area contributed by atoms with Crippen LogP contribution in [0.25, 0.3) is 0 Å². The standard InChI is InChI=1S/C44H50ClF3N6O8/c1-43(2,3)61-41(57)53-38(37(26-10-14-28(46)15-11-26)27-12-16-29(47)17-13-27)39(55)52-35-22-49-21-34(48)33(35)19-18-32-23-54(42(58)62-44(4,5)6)31(24-59-32)25-60-40(56)50-20-30-8-7-9-36(45)51-30/h7-17,21-22,31-32,37-38H,18-20,23-25H2,1-6H3,(H,50,56)(H,52,55)(H,53,57)/t31-,32+,38-/m0/s1. The van der Waals surface area contributed by atoms with Gasteiger partial charge in [-0.05, 0) is 102 Å². The smallest absolute Gasteiger partial charge is 0.410 e. The Hall–Kier alpha value is -5.94. The Labute approximate surface area is 362 Å². The van der Waals surface area contributed by atoms with Crippen LogP contribution in [0.3, 0.4) is 0 Å². The Morgan fingerprint density at radius 1 is 0.871 bits per heavy atom. The molecule has 0 bridgehead atoms. The third-order valence-electron chi connectivity index (χ3n) is 9.31. The van der Waals surface area contributed by atoms with Crippen molar-refractivity contribution in [2.45, 2.75) is 96.2 Å². The van der Waals surface area contributed by atoms with Crippen molar-refractivity contribution in [1.29, 1.82) is 0 Å². The monoisotopic (exact) mass is 882 g/mol. The number of halogens is 4. The average Bonchev–Trinajstić information content (AvgIpc) is 3.19. The number of anilines is 1. The topological polar surface area (TPSA) is 170 Å². The lowest BCUT2D eigenvalue weighted by molar-refractivity contribution is -0.118.